The summed E-state index contributed by atoms with van der Waals surface area (Å²) in [5, 5.41) is 1.17. The van der Waals surface area contributed by atoms with Gasteiger partial charge >= 0.3 is 0 Å². The van der Waals surface area contributed by atoms with Crippen molar-refractivity contribution in [3.8, 4) is 0 Å². The number of piperidine rings is 1. The van der Waals surface area contributed by atoms with Crippen LogP contribution in [0.5, 0.6) is 0 Å². The first kappa shape index (κ1) is 18.9. The summed E-state index contributed by atoms with van der Waals surface area (Å²) < 4.78 is 1.80. The van der Waals surface area contributed by atoms with Gasteiger partial charge in [0.05, 0.1) is 11.7 Å². The number of aryl methyl sites for hydroxylation is 2. The highest BCUT2D eigenvalue weighted by Gasteiger charge is 2.25. The van der Waals surface area contributed by atoms with Crippen LogP contribution >= 0.6 is 11.3 Å². The summed E-state index contributed by atoms with van der Waals surface area (Å²) in [5.74, 6) is 1.54. The van der Waals surface area contributed by atoms with E-state index in [1.54, 1.807) is 39.7 Å². The molecular weight excluding hydrogens is 372 g/mol. The van der Waals surface area contributed by atoms with Crippen LogP contribution in [0.15, 0.2) is 24.9 Å². The Balaban J connectivity index is 1.38. The van der Waals surface area contributed by atoms with Crippen LogP contribution in [0.3, 0.4) is 0 Å². The Morgan fingerprint density at radius 2 is 2.07 bits per heavy atom. The average Bonchev–Trinajstić information content (AvgIpc) is 3.33. The first-order chi connectivity index (χ1) is 13.5. The summed E-state index contributed by atoms with van der Waals surface area (Å²) in [6, 6.07) is 2.24. The fraction of sp³-hybridized carbons (Fsp3) is 0.500. The molecule has 148 valence electrons. The molecule has 0 N–H and O–H groups in total. The minimum Gasteiger partial charge on any atom is -0.356 e. The van der Waals surface area contributed by atoms with Crippen LogP contribution in [0.4, 0.5) is 5.82 Å². The van der Waals surface area contributed by atoms with E-state index in [1.807, 2.05) is 14.1 Å². The number of imidazole rings is 1. The van der Waals surface area contributed by atoms with Crippen LogP contribution in [0.2, 0.25) is 0 Å². The van der Waals surface area contributed by atoms with Gasteiger partial charge in [-0.05, 0) is 31.2 Å². The minimum atomic E-state index is -0.00842. The van der Waals surface area contributed by atoms with Gasteiger partial charge in [0.25, 0.3) is 5.91 Å². The third-order valence-corrected chi connectivity index (χ3v) is 6.61. The van der Waals surface area contributed by atoms with Crippen molar-refractivity contribution in [3.63, 3.8) is 0 Å². The van der Waals surface area contributed by atoms with Crippen molar-refractivity contribution in [3.05, 3.63) is 35.5 Å². The number of amides is 1. The molecule has 0 aliphatic carbocycles. The average molecular weight is 399 g/mol. The number of carbonyl (C=O) groups excluding carboxylic acids is 1. The lowest BCUT2D eigenvalue weighted by molar-refractivity contribution is 0.0759. The minimum absolute atomic E-state index is 0.00842. The monoisotopic (exact) mass is 398 g/mol. The molecule has 0 aromatic carbocycles. The molecule has 0 bridgehead atoms. The quantitative estimate of drug-likeness (QED) is 0.661. The summed E-state index contributed by atoms with van der Waals surface area (Å²) >= 11 is 1.76. The molecule has 3 aromatic heterocycles. The molecule has 3 aromatic rings. The number of nitrogens with zero attached hydrogens (tertiary/aromatic N) is 6. The van der Waals surface area contributed by atoms with Crippen molar-refractivity contribution in [1.82, 2.24) is 24.4 Å². The van der Waals surface area contributed by atoms with Gasteiger partial charge in [0, 0.05) is 44.8 Å². The maximum Gasteiger partial charge on any atom is 0.273 e. The lowest BCUT2D eigenvalue weighted by atomic mass is 9.96. The summed E-state index contributed by atoms with van der Waals surface area (Å²) in [6.45, 7) is 4.85. The van der Waals surface area contributed by atoms with Crippen LogP contribution in [-0.4, -0.2) is 57.0 Å². The predicted molar refractivity (Wildman–Crippen MR) is 112 cm³/mol. The number of aromatic nitrogens is 4. The van der Waals surface area contributed by atoms with E-state index in [4.69, 9.17) is 0 Å². The van der Waals surface area contributed by atoms with E-state index < -0.39 is 0 Å². The summed E-state index contributed by atoms with van der Waals surface area (Å²) in [5.41, 5.74) is 0.509. The Morgan fingerprint density at radius 1 is 1.29 bits per heavy atom. The van der Waals surface area contributed by atoms with Crippen LogP contribution in [0.1, 0.15) is 35.1 Å². The summed E-state index contributed by atoms with van der Waals surface area (Å²) in [7, 11) is 3.75. The van der Waals surface area contributed by atoms with Crippen molar-refractivity contribution in [2.75, 3.05) is 31.6 Å². The van der Waals surface area contributed by atoms with Gasteiger partial charge in [0.2, 0.25) is 0 Å². The Morgan fingerprint density at radius 3 is 2.75 bits per heavy atom. The molecule has 1 amide bonds. The van der Waals surface area contributed by atoms with Crippen LogP contribution in [-0.2, 0) is 13.5 Å². The predicted octanol–water partition coefficient (Wildman–Crippen LogP) is 2.98. The number of rotatable bonds is 5. The lowest BCUT2D eigenvalue weighted by Gasteiger charge is -2.34. The fourth-order valence-corrected chi connectivity index (χ4v) is 4.77. The molecule has 0 radical (unpaired) electrons. The lowest BCUT2D eigenvalue weighted by Crippen LogP contribution is -2.40. The third kappa shape index (κ3) is 3.73. The Labute approximate surface area is 169 Å². The molecule has 0 spiro atoms. The maximum absolute atomic E-state index is 12.5. The largest absolute Gasteiger partial charge is 0.356 e. The van der Waals surface area contributed by atoms with Gasteiger partial charge in [-0.1, -0.05) is 6.92 Å². The smallest absolute Gasteiger partial charge is 0.273 e. The van der Waals surface area contributed by atoms with E-state index in [2.05, 4.69) is 32.8 Å². The van der Waals surface area contributed by atoms with E-state index in [0.717, 1.165) is 49.5 Å². The van der Waals surface area contributed by atoms with Gasteiger partial charge in [0.15, 0.2) is 0 Å². The molecule has 1 fully saturated rings. The Bertz CT molecular complexity index is 972. The standard InChI is InChI=1S/C20H26N6OS/c1-4-15-9-16-18(21-12-22-19(16)28-15)26-7-5-14(6-8-26)10-25(3)20(27)17-11-24(2)13-23-17/h9,11-14H,4-8,10H2,1-3H3. The SMILES string of the molecule is CCc1cc2c(N3CCC(CN(C)C(=O)c4cn(C)cn4)CC3)ncnc2s1. The summed E-state index contributed by atoms with van der Waals surface area (Å²) in [4.78, 5) is 32.3. The molecule has 4 rings (SSSR count). The highest BCUT2D eigenvalue weighted by molar-refractivity contribution is 7.18. The second-order valence-electron chi connectivity index (χ2n) is 7.52. The molecule has 7 nitrogen and oxygen atoms in total. The van der Waals surface area contributed by atoms with Gasteiger partial charge in [-0.2, -0.15) is 0 Å². The molecular formula is C20H26N6OS. The first-order valence-electron chi connectivity index (χ1n) is 9.77. The van der Waals surface area contributed by atoms with Crippen LogP contribution in [0, 0.1) is 5.92 Å². The Kier molecular flexibility index (Phi) is 5.30. The molecule has 1 saturated heterocycles. The summed E-state index contributed by atoms with van der Waals surface area (Å²) in [6.07, 6.45) is 8.24. The third-order valence-electron chi connectivity index (χ3n) is 5.42. The van der Waals surface area contributed by atoms with E-state index in [9.17, 15) is 4.79 Å². The molecule has 28 heavy (non-hydrogen) atoms. The normalized spacial score (nSPS) is 15.3. The van der Waals surface area contributed by atoms with Crippen molar-refractivity contribution in [2.24, 2.45) is 13.0 Å². The number of fused-ring (bicyclic) bond motifs is 1. The molecule has 1 aliphatic rings. The number of anilines is 1. The maximum atomic E-state index is 12.5. The molecule has 0 saturated carbocycles. The first-order valence-corrected chi connectivity index (χ1v) is 10.6. The van der Waals surface area contributed by atoms with Crippen molar-refractivity contribution in [1.29, 1.82) is 0 Å². The number of thiophene rings is 1. The van der Waals surface area contributed by atoms with Crippen LogP contribution in [0.25, 0.3) is 10.2 Å². The van der Waals surface area contributed by atoms with Crippen molar-refractivity contribution in [2.45, 2.75) is 26.2 Å². The molecule has 0 atom stereocenters. The highest BCUT2D eigenvalue weighted by Crippen LogP contribution is 2.32. The van der Waals surface area contributed by atoms with Gasteiger partial charge < -0.3 is 14.4 Å². The van der Waals surface area contributed by atoms with Gasteiger partial charge in [-0.3, -0.25) is 4.79 Å². The second-order valence-corrected chi connectivity index (χ2v) is 8.64. The van der Waals surface area contributed by atoms with E-state index in [0.29, 0.717) is 11.6 Å². The molecule has 8 heteroatoms. The van der Waals surface area contributed by atoms with Crippen molar-refractivity contribution >= 4 is 33.3 Å². The van der Waals surface area contributed by atoms with E-state index in [-0.39, 0.29) is 5.91 Å². The number of hydrogen-bond acceptors (Lipinski definition) is 6. The molecule has 1 aliphatic heterocycles. The van der Waals surface area contributed by atoms with Crippen LogP contribution < -0.4 is 4.90 Å². The number of carbonyl (C=O) groups is 1. The highest BCUT2D eigenvalue weighted by atomic mass is 32.1. The Hall–Kier alpha value is -2.48. The van der Waals surface area contributed by atoms with Gasteiger partial charge in [-0.15, -0.1) is 11.3 Å². The fourth-order valence-electron chi connectivity index (χ4n) is 3.84. The number of hydrogen-bond donors (Lipinski definition) is 0. The zero-order valence-corrected chi connectivity index (χ0v) is 17.4. The van der Waals surface area contributed by atoms with Crippen molar-refractivity contribution < 1.29 is 4.79 Å². The second kappa shape index (κ2) is 7.87. The zero-order chi connectivity index (χ0) is 19.7. The molecule has 0 unspecified atom stereocenters. The topological polar surface area (TPSA) is 67.2 Å². The zero-order valence-electron chi connectivity index (χ0n) is 16.6. The van der Waals surface area contributed by atoms with Gasteiger partial charge in [0.1, 0.15) is 22.7 Å². The van der Waals surface area contributed by atoms with Gasteiger partial charge in [-0.25, -0.2) is 15.0 Å². The van der Waals surface area contributed by atoms with E-state index >= 15 is 0 Å². The van der Waals surface area contributed by atoms with E-state index in [1.165, 1.54) is 10.3 Å². The molecule has 4 heterocycles.